The number of tetrazole rings is 1. The normalized spacial score (nSPS) is 10.2. The Balaban J connectivity index is 2.14. The first kappa shape index (κ1) is 6.48. The van der Waals surface area contributed by atoms with Gasteiger partial charge in [0.1, 0.15) is 6.33 Å². The lowest BCUT2D eigenvalue weighted by Gasteiger charge is -1.92. The molecule has 0 spiro atoms. The minimum atomic E-state index is 0.737. The maximum atomic E-state index is 3.74. The molecule has 2 aromatic heterocycles. The topological polar surface area (TPSA) is 43.6 Å². The Kier molecular flexibility index (Phi) is 1.64. The Morgan fingerprint density at radius 3 is 3.27 bits per heavy atom. The molecule has 0 bridgehead atoms. The van der Waals surface area contributed by atoms with Crippen LogP contribution in [0, 0.1) is 5.38 Å². The summed E-state index contributed by atoms with van der Waals surface area (Å²) in [4.78, 5) is 1.21. The van der Waals surface area contributed by atoms with E-state index in [2.05, 4.69) is 20.9 Å². The van der Waals surface area contributed by atoms with Crippen LogP contribution in [0.1, 0.15) is 4.88 Å². The summed E-state index contributed by atoms with van der Waals surface area (Å²) in [6, 6.07) is 3.90. The average molecular weight is 165 g/mol. The smallest absolute Gasteiger partial charge is 0.138 e. The second kappa shape index (κ2) is 2.79. The average Bonchev–Trinajstić information content (AvgIpc) is 2.60. The fourth-order valence-electron chi connectivity index (χ4n) is 0.768. The van der Waals surface area contributed by atoms with E-state index >= 15 is 0 Å². The van der Waals surface area contributed by atoms with E-state index in [1.807, 2.05) is 12.1 Å². The summed E-state index contributed by atoms with van der Waals surface area (Å²) in [7, 11) is 0. The molecule has 55 valence electrons. The Labute approximate surface area is 67.5 Å². The predicted octanol–water partition coefficient (Wildman–Crippen LogP) is 0.583. The molecule has 2 aromatic rings. The van der Waals surface area contributed by atoms with E-state index in [-0.39, 0.29) is 0 Å². The third kappa shape index (κ3) is 1.43. The van der Waals surface area contributed by atoms with E-state index in [0.29, 0.717) is 0 Å². The van der Waals surface area contributed by atoms with Crippen molar-refractivity contribution in [2.75, 3.05) is 0 Å². The van der Waals surface area contributed by atoms with Crippen LogP contribution in [0.25, 0.3) is 0 Å². The van der Waals surface area contributed by atoms with Crippen LogP contribution in [0.5, 0.6) is 0 Å². The van der Waals surface area contributed by atoms with Gasteiger partial charge in [-0.2, -0.15) is 0 Å². The molecular weight excluding hydrogens is 160 g/mol. The quantitative estimate of drug-likeness (QED) is 0.654. The van der Waals surface area contributed by atoms with E-state index in [1.54, 1.807) is 22.3 Å². The van der Waals surface area contributed by atoms with Crippen LogP contribution in [-0.4, -0.2) is 20.2 Å². The van der Waals surface area contributed by atoms with Gasteiger partial charge in [0.25, 0.3) is 0 Å². The predicted molar refractivity (Wildman–Crippen MR) is 40.1 cm³/mol. The van der Waals surface area contributed by atoms with E-state index in [9.17, 15) is 0 Å². The van der Waals surface area contributed by atoms with E-state index < -0.39 is 0 Å². The highest BCUT2D eigenvalue weighted by Crippen LogP contribution is 2.07. The minimum absolute atomic E-state index is 0.737. The number of aromatic nitrogens is 4. The molecule has 5 heteroatoms. The van der Waals surface area contributed by atoms with Crippen molar-refractivity contribution in [3.8, 4) is 0 Å². The summed E-state index contributed by atoms with van der Waals surface area (Å²) in [5, 5.41) is 13.8. The molecular formula is C6H5N4S. The van der Waals surface area contributed by atoms with Crippen LogP contribution >= 0.6 is 11.3 Å². The fourth-order valence-corrected chi connectivity index (χ4v) is 1.39. The van der Waals surface area contributed by atoms with Gasteiger partial charge in [0.05, 0.1) is 6.54 Å². The summed E-state index contributed by atoms with van der Waals surface area (Å²) >= 11 is 1.58. The fraction of sp³-hybridized carbons (Fsp3) is 0.167. The molecule has 0 aliphatic carbocycles. The summed E-state index contributed by atoms with van der Waals surface area (Å²) in [6.45, 7) is 0.737. The summed E-state index contributed by atoms with van der Waals surface area (Å²) < 4.78 is 1.68. The molecule has 0 aliphatic rings. The first-order valence-corrected chi connectivity index (χ1v) is 3.92. The minimum Gasteiger partial charge on any atom is -0.227 e. The Hall–Kier alpha value is -1.23. The third-order valence-corrected chi connectivity index (χ3v) is 2.02. The standard InChI is InChI=1S/C6H5N4S/c1-2-6(11-3-1)4-10-5-7-8-9-10/h1-2,5H,4H2. The third-order valence-electron chi connectivity index (χ3n) is 1.24. The van der Waals surface area contributed by atoms with Crippen molar-refractivity contribution in [3.05, 3.63) is 28.7 Å². The van der Waals surface area contributed by atoms with Gasteiger partial charge < -0.3 is 0 Å². The van der Waals surface area contributed by atoms with E-state index in [1.165, 1.54) is 4.88 Å². The van der Waals surface area contributed by atoms with Gasteiger partial charge in [-0.3, -0.25) is 0 Å². The zero-order chi connectivity index (χ0) is 7.52. The molecule has 0 N–H and O–H groups in total. The zero-order valence-electron chi connectivity index (χ0n) is 5.64. The Morgan fingerprint density at radius 1 is 1.64 bits per heavy atom. The first-order chi connectivity index (χ1) is 5.45. The van der Waals surface area contributed by atoms with Crippen LogP contribution in [0.3, 0.4) is 0 Å². The van der Waals surface area contributed by atoms with Gasteiger partial charge in [-0.1, -0.05) is 0 Å². The first-order valence-electron chi connectivity index (χ1n) is 3.11. The summed E-state index contributed by atoms with van der Waals surface area (Å²) in [5.41, 5.74) is 0. The molecule has 0 atom stereocenters. The number of nitrogens with zero attached hydrogens (tertiary/aromatic N) is 4. The molecule has 0 aromatic carbocycles. The lowest BCUT2D eigenvalue weighted by Crippen LogP contribution is -1.97. The summed E-state index contributed by atoms with van der Waals surface area (Å²) in [5.74, 6) is 0. The second-order valence-electron chi connectivity index (χ2n) is 2.03. The van der Waals surface area contributed by atoms with Gasteiger partial charge >= 0.3 is 0 Å². The molecule has 11 heavy (non-hydrogen) atoms. The largest absolute Gasteiger partial charge is 0.227 e. The molecule has 2 rings (SSSR count). The zero-order valence-corrected chi connectivity index (χ0v) is 6.45. The molecule has 0 fully saturated rings. The number of hydrogen-bond donors (Lipinski definition) is 0. The highest BCUT2D eigenvalue weighted by Gasteiger charge is 1.95. The van der Waals surface area contributed by atoms with E-state index in [0.717, 1.165) is 6.54 Å². The van der Waals surface area contributed by atoms with Gasteiger partial charge in [-0.25, -0.2) is 4.68 Å². The number of hydrogen-bond acceptors (Lipinski definition) is 4. The molecule has 0 saturated carbocycles. The molecule has 0 saturated heterocycles. The van der Waals surface area contributed by atoms with Crippen LogP contribution < -0.4 is 0 Å². The molecule has 0 aliphatic heterocycles. The van der Waals surface area contributed by atoms with Crippen molar-refractivity contribution in [2.24, 2.45) is 0 Å². The van der Waals surface area contributed by atoms with Gasteiger partial charge in [-0.15, -0.1) is 16.4 Å². The summed E-state index contributed by atoms with van der Waals surface area (Å²) in [6.07, 6.45) is 1.60. The van der Waals surface area contributed by atoms with Crippen LogP contribution in [-0.2, 0) is 6.54 Å². The van der Waals surface area contributed by atoms with Crippen molar-refractivity contribution in [1.29, 1.82) is 0 Å². The highest BCUT2D eigenvalue weighted by atomic mass is 32.1. The molecule has 0 unspecified atom stereocenters. The Bertz CT molecular complexity index is 267. The van der Waals surface area contributed by atoms with Crippen molar-refractivity contribution < 1.29 is 0 Å². The maximum absolute atomic E-state index is 3.74. The van der Waals surface area contributed by atoms with Crippen molar-refractivity contribution in [3.63, 3.8) is 0 Å². The molecule has 2 heterocycles. The monoisotopic (exact) mass is 165 g/mol. The van der Waals surface area contributed by atoms with Crippen LogP contribution in [0.4, 0.5) is 0 Å². The van der Waals surface area contributed by atoms with Gasteiger partial charge in [-0.05, 0) is 22.6 Å². The Morgan fingerprint density at radius 2 is 2.64 bits per heavy atom. The maximum Gasteiger partial charge on any atom is 0.138 e. The van der Waals surface area contributed by atoms with Crippen LogP contribution in [0.15, 0.2) is 18.5 Å². The lowest BCUT2D eigenvalue weighted by atomic mass is 10.5. The SMILES string of the molecule is [c]1ccc(Cn2cnnn2)s1. The molecule has 4 nitrogen and oxygen atoms in total. The highest BCUT2D eigenvalue weighted by molar-refractivity contribution is 7.09. The molecule has 1 radical (unpaired) electrons. The van der Waals surface area contributed by atoms with Crippen molar-refractivity contribution in [1.82, 2.24) is 20.2 Å². The van der Waals surface area contributed by atoms with Gasteiger partial charge in [0.15, 0.2) is 0 Å². The van der Waals surface area contributed by atoms with Crippen molar-refractivity contribution >= 4 is 11.3 Å². The molecule has 0 amide bonds. The van der Waals surface area contributed by atoms with Gasteiger partial charge in [0, 0.05) is 10.3 Å². The van der Waals surface area contributed by atoms with Crippen LogP contribution in [0.2, 0.25) is 0 Å². The number of thiophene rings is 1. The van der Waals surface area contributed by atoms with Gasteiger partial charge in [0.2, 0.25) is 0 Å². The number of rotatable bonds is 2. The van der Waals surface area contributed by atoms with Crippen molar-refractivity contribution in [2.45, 2.75) is 6.54 Å². The lowest BCUT2D eigenvalue weighted by molar-refractivity contribution is 0.654. The second-order valence-corrected chi connectivity index (χ2v) is 2.99. The van der Waals surface area contributed by atoms with E-state index in [4.69, 9.17) is 0 Å².